The van der Waals surface area contributed by atoms with Gasteiger partial charge in [-0.25, -0.2) is 13.1 Å². The first-order valence-electron chi connectivity index (χ1n) is 7.67. The summed E-state index contributed by atoms with van der Waals surface area (Å²) in [5.74, 6) is -0.0718. The van der Waals surface area contributed by atoms with Crippen molar-refractivity contribution in [2.24, 2.45) is 0 Å². The van der Waals surface area contributed by atoms with Crippen LogP contribution in [0.25, 0.3) is 6.08 Å². The van der Waals surface area contributed by atoms with Crippen molar-refractivity contribution in [2.45, 2.75) is 11.4 Å². The number of amides is 1. The average Bonchev–Trinajstić information content (AvgIpc) is 2.65. The number of benzene rings is 2. The van der Waals surface area contributed by atoms with E-state index < -0.39 is 10.0 Å². The minimum absolute atomic E-state index is 0.00576. The van der Waals surface area contributed by atoms with Crippen molar-refractivity contribution in [1.82, 2.24) is 10.0 Å². The average molecular weight is 395 g/mol. The molecule has 0 unspecified atom stereocenters. The van der Waals surface area contributed by atoms with E-state index in [1.807, 2.05) is 12.1 Å². The van der Waals surface area contributed by atoms with E-state index in [2.05, 4.69) is 10.0 Å². The topological polar surface area (TPSA) is 84.5 Å². The number of hydrogen-bond donors (Lipinski definition) is 2. The second kappa shape index (κ2) is 8.84. The van der Waals surface area contributed by atoms with Crippen molar-refractivity contribution >= 4 is 33.6 Å². The largest absolute Gasteiger partial charge is 0.495 e. The van der Waals surface area contributed by atoms with Crippen LogP contribution in [-0.2, 0) is 21.4 Å². The Bertz CT molecular complexity index is 909. The summed E-state index contributed by atoms with van der Waals surface area (Å²) in [7, 11) is -0.959. The Balaban J connectivity index is 2.08. The van der Waals surface area contributed by atoms with Gasteiger partial charge in [-0.05, 0) is 48.5 Å². The first-order valence-corrected chi connectivity index (χ1v) is 9.54. The quantitative estimate of drug-likeness (QED) is 0.707. The molecule has 138 valence electrons. The number of nitrogens with one attached hydrogen (secondary N) is 2. The number of ether oxygens (including phenoxy) is 1. The predicted octanol–water partition coefficient (Wildman–Crippen LogP) is 2.59. The molecule has 8 heteroatoms. The summed E-state index contributed by atoms with van der Waals surface area (Å²) in [6, 6.07) is 11.8. The highest BCUT2D eigenvalue weighted by Crippen LogP contribution is 2.25. The lowest BCUT2D eigenvalue weighted by molar-refractivity contribution is -0.116. The molecule has 0 atom stereocenters. The summed E-state index contributed by atoms with van der Waals surface area (Å²) in [5.41, 5.74) is 1.48. The lowest BCUT2D eigenvalue weighted by atomic mass is 10.2. The van der Waals surface area contributed by atoms with Crippen molar-refractivity contribution < 1.29 is 17.9 Å². The molecule has 0 aromatic heterocycles. The van der Waals surface area contributed by atoms with Gasteiger partial charge in [0, 0.05) is 17.6 Å². The van der Waals surface area contributed by atoms with Gasteiger partial charge in [0.2, 0.25) is 15.9 Å². The van der Waals surface area contributed by atoms with E-state index in [0.29, 0.717) is 17.1 Å². The summed E-state index contributed by atoms with van der Waals surface area (Å²) in [5, 5.41) is 3.37. The third-order valence-electron chi connectivity index (χ3n) is 3.55. The maximum Gasteiger partial charge on any atom is 0.244 e. The van der Waals surface area contributed by atoms with Crippen LogP contribution in [0.4, 0.5) is 0 Å². The van der Waals surface area contributed by atoms with E-state index in [0.717, 1.165) is 5.56 Å². The van der Waals surface area contributed by atoms with Crippen LogP contribution in [0.3, 0.4) is 0 Å². The van der Waals surface area contributed by atoms with Gasteiger partial charge in [-0.15, -0.1) is 0 Å². The SMILES string of the molecule is CNS(=O)(=O)c1cc(/C=C/C(=O)NCc2ccc(Cl)cc2)ccc1OC. The summed E-state index contributed by atoms with van der Waals surface area (Å²) >= 11 is 5.81. The Kier molecular flexibility index (Phi) is 6.79. The van der Waals surface area contributed by atoms with Crippen LogP contribution in [0.15, 0.2) is 53.4 Å². The second-order valence-electron chi connectivity index (χ2n) is 5.30. The van der Waals surface area contributed by atoms with E-state index in [9.17, 15) is 13.2 Å². The molecule has 0 radical (unpaired) electrons. The zero-order valence-electron chi connectivity index (χ0n) is 14.3. The predicted molar refractivity (Wildman–Crippen MR) is 102 cm³/mol. The summed E-state index contributed by atoms with van der Waals surface area (Å²) in [4.78, 5) is 11.9. The van der Waals surface area contributed by atoms with Crippen LogP contribution < -0.4 is 14.8 Å². The van der Waals surface area contributed by atoms with Gasteiger partial charge < -0.3 is 10.1 Å². The summed E-state index contributed by atoms with van der Waals surface area (Å²) in [6.07, 6.45) is 2.87. The van der Waals surface area contributed by atoms with Gasteiger partial charge in [-0.2, -0.15) is 0 Å². The molecule has 0 aliphatic rings. The number of methoxy groups -OCH3 is 1. The highest BCUT2D eigenvalue weighted by molar-refractivity contribution is 7.89. The van der Waals surface area contributed by atoms with Gasteiger partial charge in [-0.3, -0.25) is 4.79 Å². The Labute approximate surface area is 157 Å². The smallest absolute Gasteiger partial charge is 0.244 e. The number of carbonyl (C=O) groups excluding carboxylic acids is 1. The second-order valence-corrected chi connectivity index (χ2v) is 7.59. The van der Waals surface area contributed by atoms with E-state index in [1.165, 1.54) is 38.4 Å². The standard InChI is InChI=1S/C18H19ClN2O4S/c1-20-26(23,24)17-11-13(5-9-16(17)25-2)6-10-18(22)21-12-14-3-7-15(19)8-4-14/h3-11,20H,12H2,1-2H3,(H,21,22)/b10-6+. The Morgan fingerprint density at radius 3 is 2.50 bits per heavy atom. The van der Waals surface area contributed by atoms with Crippen molar-refractivity contribution in [3.8, 4) is 5.75 Å². The van der Waals surface area contributed by atoms with E-state index in [1.54, 1.807) is 18.2 Å². The van der Waals surface area contributed by atoms with Crippen molar-refractivity contribution in [1.29, 1.82) is 0 Å². The number of carbonyl (C=O) groups is 1. The number of rotatable bonds is 7. The molecule has 2 aromatic carbocycles. The third-order valence-corrected chi connectivity index (χ3v) is 5.24. The van der Waals surface area contributed by atoms with Gasteiger partial charge in [0.25, 0.3) is 0 Å². The summed E-state index contributed by atoms with van der Waals surface area (Å²) < 4.78 is 31.4. The van der Waals surface area contributed by atoms with E-state index >= 15 is 0 Å². The fourth-order valence-corrected chi connectivity index (χ4v) is 3.19. The van der Waals surface area contributed by atoms with Crippen LogP contribution in [0.2, 0.25) is 5.02 Å². The lowest BCUT2D eigenvalue weighted by Crippen LogP contribution is -2.20. The number of hydrogen-bond acceptors (Lipinski definition) is 4. The molecule has 0 bridgehead atoms. The molecule has 0 saturated heterocycles. The van der Waals surface area contributed by atoms with Crippen LogP contribution in [-0.4, -0.2) is 28.5 Å². The Morgan fingerprint density at radius 2 is 1.88 bits per heavy atom. The molecule has 0 fully saturated rings. The zero-order chi connectivity index (χ0) is 19.2. The Hall–Kier alpha value is -2.35. The van der Waals surface area contributed by atoms with Gasteiger partial charge in [0.15, 0.2) is 0 Å². The minimum Gasteiger partial charge on any atom is -0.495 e. The maximum absolute atomic E-state index is 12.1. The molecule has 0 aliphatic carbocycles. The Morgan fingerprint density at radius 1 is 1.19 bits per heavy atom. The van der Waals surface area contributed by atoms with Crippen LogP contribution in [0, 0.1) is 0 Å². The third kappa shape index (κ3) is 5.32. The van der Waals surface area contributed by atoms with Gasteiger partial charge in [0.05, 0.1) is 7.11 Å². The molecular formula is C18H19ClN2O4S. The molecule has 2 aromatic rings. The van der Waals surface area contributed by atoms with Gasteiger partial charge in [0.1, 0.15) is 10.6 Å². The monoisotopic (exact) mass is 394 g/mol. The van der Waals surface area contributed by atoms with E-state index in [4.69, 9.17) is 16.3 Å². The molecule has 0 spiro atoms. The van der Waals surface area contributed by atoms with Gasteiger partial charge >= 0.3 is 0 Å². The molecule has 26 heavy (non-hydrogen) atoms. The van der Waals surface area contributed by atoms with Crippen LogP contribution >= 0.6 is 11.6 Å². The van der Waals surface area contributed by atoms with Crippen molar-refractivity contribution in [2.75, 3.05) is 14.2 Å². The number of halogens is 1. The number of sulfonamides is 1. The molecule has 0 aliphatic heterocycles. The molecule has 0 heterocycles. The van der Waals surface area contributed by atoms with Crippen LogP contribution in [0.5, 0.6) is 5.75 Å². The van der Waals surface area contributed by atoms with Gasteiger partial charge in [-0.1, -0.05) is 29.8 Å². The molecule has 6 nitrogen and oxygen atoms in total. The normalized spacial score (nSPS) is 11.5. The molecular weight excluding hydrogens is 376 g/mol. The maximum atomic E-state index is 12.1. The van der Waals surface area contributed by atoms with E-state index in [-0.39, 0.29) is 16.6 Å². The lowest BCUT2D eigenvalue weighted by Gasteiger charge is -2.09. The fourth-order valence-electron chi connectivity index (χ4n) is 2.14. The molecule has 2 N–H and O–H groups in total. The van der Waals surface area contributed by atoms with Crippen LogP contribution in [0.1, 0.15) is 11.1 Å². The molecule has 0 saturated carbocycles. The van der Waals surface area contributed by atoms with Crippen molar-refractivity contribution in [3.63, 3.8) is 0 Å². The first kappa shape index (κ1) is 20.0. The fraction of sp³-hybridized carbons (Fsp3) is 0.167. The highest BCUT2D eigenvalue weighted by Gasteiger charge is 2.17. The highest BCUT2D eigenvalue weighted by atomic mass is 35.5. The molecule has 2 rings (SSSR count). The minimum atomic E-state index is -3.67. The zero-order valence-corrected chi connectivity index (χ0v) is 15.9. The molecule has 1 amide bonds. The summed E-state index contributed by atoms with van der Waals surface area (Å²) in [6.45, 7) is 0.363. The van der Waals surface area contributed by atoms with Crippen molar-refractivity contribution in [3.05, 3.63) is 64.7 Å². The first-order chi connectivity index (χ1) is 12.4.